The van der Waals surface area contributed by atoms with Gasteiger partial charge in [0.15, 0.2) is 5.82 Å². The van der Waals surface area contributed by atoms with Crippen LogP contribution >= 0.6 is 7.14 Å². The zero-order valence-electron chi connectivity index (χ0n) is 28.1. The first-order valence-electron chi connectivity index (χ1n) is 17.2. The van der Waals surface area contributed by atoms with Crippen molar-refractivity contribution in [3.63, 3.8) is 0 Å². The van der Waals surface area contributed by atoms with Crippen LogP contribution in [-0.2, 0) is 4.57 Å². The van der Waals surface area contributed by atoms with E-state index in [-0.39, 0.29) is 0 Å². The Bertz CT molecular complexity index is 2600. The molecule has 0 fully saturated rings. The van der Waals surface area contributed by atoms with Crippen molar-refractivity contribution in [2.24, 2.45) is 0 Å². The van der Waals surface area contributed by atoms with E-state index in [9.17, 15) is 4.57 Å². The van der Waals surface area contributed by atoms with Gasteiger partial charge < -0.3 is 4.57 Å². The molecule has 0 aliphatic carbocycles. The normalized spacial score (nSPS) is 14.5. The van der Waals surface area contributed by atoms with Gasteiger partial charge in [0.25, 0.3) is 0 Å². The Morgan fingerprint density at radius 1 is 0.373 bits per heavy atom. The van der Waals surface area contributed by atoms with E-state index in [1.165, 1.54) is 11.1 Å². The fraction of sp³-hybridized carbons (Fsp3) is 0.0213. The second-order valence-electron chi connectivity index (χ2n) is 13.1. The van der Waals surface area contributed by atoms with Gasteiger partial charge in [-0.25, -0.2) is 9.97 Å². The van der Waals surface area contributed by atoms with Crippen molar-refractivity contribution in [3.8, 4) is 78.4 Å². The van der Waals surface area contributed by atoms with Crippen LogP contribution in [0.1, 0.15) is 0 Å². The standard InChI is InChI=1S/C47H33N2OP/c1-51(50)45-21-9-8-18-41(45)42-20-11-19-40(46(42)51)39-17-10-16-38(30-39)34-24-28-36(29-25-34)44-31-43(48-47(49-44)37-14-6-3-7-15-37)35-26-22-33(23-27-35)32-12-4-2-5-13-32/h2-31H,1H3. The summed E-state index contributed by atoms with van der Waals surface area (Å²) < 4.78 is 14.3. The predicted octanol–water partition coefficient (Wildman–Crippen LogP) is 11.4. The summed E-state index contributed by atoms with van der Waals surface area (Å²) in [5.41, 5.74) is 13.6. The molecule has 1 aliphatic heterocycles. The molecule has 0 saturated heterocycles. The van der Waals surface area contributed by atoms with Gasteiger partial charge in [0, 0.05) is 27.3 Å². The highest BCUT2D eigenvalue weighted by molar-refractivity contribution is 7.79. The van der Waals surface area contributed by atoms with Crippen molar-refractivity contribution in [2.45, 2.75) is 0 Å². The molecule has 9 rings (SSSR count). The molecule has 0 spiro atoms. The first-order valence-corrected chi connectivity index (χ1v) is 19.3. The number of benzene rings is 7. The van der Waals surface area contributed by atoms with E-state index in [1.54, 1.807) is 0 Å². The third-order valence-corrected chi connectivity index (χ3v) is 12.5. The van der Waals surface area contributed by atoms with Crippen molar-refractivity contribution < 1.29 is 4.57 Å². The first kappa shape index (κ1) is 30.9. The average Bonchev–Trinajstić information content (AvgIpc) is 3.44. The first-order chi connectivity index (χ1) is 25.0. The molecule has 7 aromatic carbocycles. The maximum absolute atomic E-state index is 14.3. The Morgan fingerprint density at radius 2 is 0.824 bits per heavy atom. The Labute approximate surface area is 298 Å². The summed E-state index contributed by atoms with van der Waals surface area (Å²) in [6, 6.07) is 62.8. The van der Waals surface area contributed by atoms with E-state index in [0.29, 0.717) is 5.82 Å². The van der Waals surface area contributed by atoms with Crippen LogP contribution in [0.4, 0.5) is 0 Å². The topological polar surface area (TPSA) is 42.9 Å². The second-order valence-corrected chi connectivity index (χ2v) is 15.8. The van der Waals surface area contributed by atoms with Gasteiger partial charge in [-0.15, -0.1) is 0 Å². The summed E-state index contributed by atoms with van der Waals surface area (Å²) in [7, 11) is -2.74. The van der Waals surface area contributed by atoms with Gasteiger partial charge in [-0.2, -0.15) is 0 Å². The number of hydrogen-bond acceptors (Lipinski definition) is 3. The molecule has 242 valence electrons. The lowest BCUT2D eigenvalue weighted by atomic mass is 9.95. The monoisotopic (exact) mass is 672 g/mol. The van der Waals surface area contributed by atoms with Gasteiger partial charge in [-0.05, 0) is 63.3 Å². The van der Waals surface area contributed by atoms with Crippen LogP contribution in [0, 0.1) is 0 Å². The molecule has 4 heteroatoms. The third-order valence-electron chi connectivity index (χ3n) is 9.85. The Balaban J connectivity index is 1.07. The minimum absolute atomic E-state index is 0.692. The van der Waals surface area contributed by atoms with Crippen molar-refractivity contribution in [1.82, 2.24) is 9.97 Å². The van der Waals surface area contributed by atoms with Crippen LogP contribution in [0.15, 0.2) is 182 Å². The molecule has 0 saturated carbocycles. The number of nitrogens with zero attached hydrogens (tertiary/aromatic N) is 2. The van der Waals surface area contributed by atoms with Gasteiger partial charge in [0.1, 0.15) is 7.14 Å². The molecule has 3 nitrogen and oxygen atoms in total. The lowest BCUT2D eigenvalue weighted by Gasteiger charge is -2.15. The summed E-state index contributed by atoms with van der Waals surface area (Å²) in [6.07, 6.45) is 0. The van der Waals surface area contributed by atoms with Crippen LogP contribution in [0.2, 0.25) is 0 Å². The number of rotatable bonds is 6. The maximum Gasteiger partial charge on any atom is 0.160 e. The third kappa shape index (κ3) is 5.62. The van der Waals surface area contributed by atoms with Crippen molar-refractivity contribution in [1.29, 1.82) is 0 Å². The molecule has 1 unspecified atom stereocenters. The van der Waals surface area contributed by atoms with Crippen LogP contribution < -0.4 is 10.6 Å². The number of hydrogen-bond donors (Lipinski definition) is 0. The van der Waals surface area contributed by atoms with Crippen LogP contribution in [-0.4, -0.2) is 16.6 Å². The lowest BCUT2D eigenvalue weighted by molar-refractivity contribution is 0.591. The van der Waals surface area contributed by atoms with Gasteiger partial charge >= 0.3 is 0 Å². The smallest absolute Gasteiger partial charge is 0.160 e. The molecule has 1 atom stereocenters. The summed E-state index contributed by atoms with van der Waals surface area (Å²) in [5.74, 6) is 0.692. The summed E-state index contributed by atoms with van der Waals surface area (Å²) in [4.78, 5) is 10.1. The van der Waals surface area contributed by atoms with Crippen LogP contribution in [0.5, 0.6) is 0 Å². The summed E-state index contributed by atoms with van der Waals surface area (Å²) >= 11 is 0. The molecule has 2 heterocycles. The zero-order chi connectivity index (χ0) is 34.4. The number of aromatic nitrogens is 2. The molecule has 0 amide bonds. The van der Waals surface area contributed by atoms with Gasteiger partial charge in [0.05, 0.1) is 11.4 Å². The Hall–Kier alpha value is -6.15. The van der Waals surface area contributed by atoms with Crippen molar-refractivity contribution in [3.05, 3.63) is 182 Å². The quantitative estimate of drug-likeness (QED) is 0.165. The van der Waals surface area contributed by atoms with E-state index >= 15 is 0 Å². The summed E-state index contributed by atoms with van der Waals surface area (Å²) in [5, 5.41) is 1.91. The van der Waals surface area contributed by atoms with Crippen LogP contribution in [0.25, 0.3) is 78.4 Å². The highest BCUT2D eigenvalue weighted by atomic mass is 31.2. The van der Waals surface area contributed by atoms with Crippen molar-refractivity contribution in [2.75, 3.05) is 6.66 Å². The molecule has 8 aromatic rings. The molecule has 0 N–H and O–H groups in total. The van der Waals surface area contributed by atoms with E-state index in [4.69, 9.17) is 9.97 Å². The van der Waals surface area contributed by atoms with E-state index < -0.39 is 7.14 Å². The maximum atomic E-state index is 14.3. The molecule has 0 radical (unpaired) electrons. The van der Waals surface area contributed by atoms with E-state index in [0.717, 1.165) is 72.1 Å². The summed E-state index contributed by atoms with van der Waals surface area (Å²) in [6.45, 7) is 1.91. The Kier molecular flexibility index (Phi) is 7.64. The molecular formula is C47H33N2OP. The van der Waals surface area contributed by atoms with E-state index in [1.807, 2.05) is 49.1 Å². The minimum atomic E-state index is -2.74. The number of fused-ring (bicyclic) bond motifs is 3. The van der Waals surface area contributed by atoms with Gasteiger partial charge in [-0.1, -0.05) is 170 Å². The SMILES string of the molecule is CP1(=O)c2ccccc2-c2cccc(-c3cccc(-c4ccc(-c5cc(-c6ccc(-c7ccccc7)cc6)nc(-c6ccccc6)n5)cc4)c3)c21. The largest absolute Gasteiger partial charge is 0.314 e. The Morgan fingerprint density at radius 3 is 1.49 bits per heavy atom. The molecule has 0 bridgehead atoms. The zero-order valence-corrected chi connectivity index (χ0v) is 29.0. The van der Waals surface area contributed by atoms with Crippen molar-refractivity contribution >= 4 is 17.8 Å². The average molecular weight is 673 g/mol. The highest BCUT2D eigenvalue weighted by Crippen LogP contribution is 2.52. The molecular weight excluding hydrogens is 640 g/mol. The molecule has 1 aliphatic rings. The predicted molar refractivity (Wildman–Crippen MR) is 213 cm³/mol. The minimum Gasteiger partial charge on any atom is -0.314 e. The fourth-order valence-corrected chi connectivity index (χ4v) is 9.85. The highest BCUT2D eigenvalue weighted by Gasteiger charge is 2.36. The van der Waals surface area contributed by atoms with E-state index in [2.05, 4.69) is 140 Å². The van der Waals surface area contributed by atoms with Gasteiger partial charge in [-0.3, -0.25) is 0 Å². The van der Waals surface area contributed by atoms with Gasteiger partial charge in [0.2, 0.25) is 0 Å². The lowest BCUT2D eigenvalue weighted by Crippen LogP contribution is -2.11. The van der Waals surface area contributed by atoms with Crippen LogP contribution in [0.3, 0.4) is 0 Å². The fourth-order valence-electron chi connectivity index (χ4n) is 7.27. The molecule has 51 heavy (non-hydrogen) atoms. The second kappa shape index (κ2) is 12.6. The molecule has 1 aromatic heterocycles.